The van der Waals surface area contributed by atoms with Crippen molar-refractivity contribution in [2.24, 2.45) is 17.6 Å². The van der Waals surface area contributed by atoms with Crippen molar-refractivity contribution >= 4 is 103 Å². The van der Waals surface area contributed by atoms with E-state index in [-0.39, 0.29) is 67.7 Å². The van der Waals surface area contributed by atoms with E-state index >= 15 is 4.39 Å². The van der Waals surface area contributed by atoms with Crippen molar-refractivity contribution < 1.29 is 50.4 Å². The summed E-state index contributed by atoms with van der Waals surface area (Å²) in [6.07, 6.45) is 16.6. The monoisotopic (exact) mass is 1600 g/mol. The summed E-state index contributed by atoms with van der Waals surface area (Å²) in [5, 5.41) is 30.1. The summed E-state index contributed by atoms with van der Waals surface area (Å²) in [6.45, 7) is 9.42. The molecule has 2 saturated carbocycles. The SMILES string of the molecule is C.C.CO.Cc1cc(C(=O)Nc2cc(C(CCC3CC3)(N[S@](=O)C(C)(C)C)c3ccncc3)ccc2F)nn1-c1ccc2ccnc(N)c2c1.Cc1cc(C(=O)Nc2cc(C(N)(CCC3CC3)c3ccncc3)ccc2F)nn1-c1ccc2ccnc(N)c2c1.Cl.Nc1nccc2ccc(-n3nccc3C(F)(F)F)cc12.O=C=O. The number of hydrogen-bond donors (Lipinski definition) is 8. The van der Waals surface area contributed by atoms with E-state index in [1.165, 1.54) is 25.0 Å². The van der Waals surface area contributed by atoms with E-state index in [1.54, 1.807) is 113 Å². The van der Waals surface area contributed by atoms with Crippen LogP contribution in [0.3, 0.4) is 0 Å². The number of pyridine rings is 5. The number of alkyl halides is 3. The number of nitrogens with zero attached hydrogens (tertiary/aromatic N) is 11. The summed E-state index contributed by atoms with van der Waals surface area (Å²) < 4.78 is 89.7. The predicted molar refractivity (Wildman–Crippen MR) is 436 cm³/mol. The molecule has 0 aliphatic heterocycles. The first kappa shape index (κ1) is 87.5. The third kappa shape index (κ3) is 20.2. The van der Waals surface area contributed by atoms with Crippen LogP contribution in [0.5, 0.6) is 0 Å². The summed E-state index contributed by atoms with van der Waals surface area (Å²) >= 11 is 0. The van der Waals surface area contributed by atoms with Crippen molar-refractivity contribution in [3.63, 3.8) is 0 Å². The molecule has 8 aromatic heterocycles. The Morgan fingerprint density at radius 3 is 1.33 bits per heavy atom. The van der Waals surface area contributed by atoms with Gasteiger partial charge in [0.05, 0.1) is 61.4 Å². The molecule has 31 heteroatoms. The fourth-order valence-electron chi connectivity index (χ4n) is 12.8. The zero-order valence-corrected chi connectivity index (χ0v) is 63.4. The summed E-state index contributed by atoms with van der Waals surface area (Å²) in [4.78, 5) is 63.6. The second-order valence-electron chi connectivity index (χ2n) is 27.8. The van der Waals surface area contributed by atoms with Gasteiger partial charge in [-0.1, -0.05) is 70.9 Å². The molecule has 2 aliphatic rings. The highest BCUT2D eigenvalue weighted by Crippen LogP contribution is 2.44. The number of fused-ring (bicyclic) bond motifs is 3. The lowest BCUT2D eigenvalue weighted by Crippen LogP contribution is -2.49. The van der Waals surface area contributed by atoms with E-state index < -0.39 is 62.1 Å². The largest absolute Gasteiger partial charge is 0.433 e. The van der Waals surface area contributed by atoms with Crippen LogP contribution in [0.25, 0.3) is 49.4 Å². The molecule has 2 fully saturated rings. The molecule has 0 bridgehead atoms. The van der Waals surface area contributed by atoms with Crippen LogP contribution >= 0.6 is 12.4 Å². The van der Waals surface area contributed by atoms with Crippen LogP contribution in [0.15, 0.2) is 201 Å². The standard InChI is InChI=1S/C35H38FN7O2S.C31H30FN7O.C13H9F3N4.CO2.CH4O.2CH4.ClH/c1-22-19-31(41-43(22)27-9-7-24-12-18-39-32(37)28(24)21-27)33(44)40-30-20-26(8-10-29(30)36)35(15-11-23-5-6-23,25-13-16-38-17-14-25)42-46(45)34(2,3)4;1-19-16-28(38-39(19)24-6-4-21-9-15-36-29(33)25(21)18-24)30(40)37-27-17-23(5-7-26(27)32)31(34,12-8-20-2-3-20)22-10-13-35-14-11-22;14-13(15,16)11-4-6-19-20(11)9-2-1-8-3-5-18-12(17)10(8)7-9;2-1-3;1-2;;;/h7-10,12-14,16-21,23,42H,5-6,11,15H2,1-4H3,(H2,37,39)(H,40,44);4-7,9-11,13-18,20H,2-3,8,12,34H2,1H3,(H2,33,36)(H,37,40);1-7H,(H2,17,18);;2H,1H3;2*1H4;1H/t35?,46-;;;;;;;/m1......./s1. The van der Waals surface area contributed by atoms with E-state index in [4.69, 9.17) is 37.6 Å². The van der Waals surface area contributed by atoms with Gasteiger partial charge >= 0.3 is 12.3 Å². The number of hydrogen-bond acceptors (Lipinski definition) is 18. The number of rotatable bonds is 19. The molecule has 114 heavy (non-hydrogen) atoms. The second-order valence-corrected chi connectivity index (χ2v) is 29.7. The second kappa shape index (κ2) is 37.5. The molecule has 2 amide bonds. The first-order chi connectivity index (χ1) is 53.1. The van der Waals surface area contributed by atoms with Gasteiger partial charge in [-0.25, -0.2) is 46.7 Å². The molecule has 596 valence electrons. The van der Waals surface area contributed by atoms with Crippen LogP contribution in [-0.4, -0.2) is 93.4 Å². The van der Waals surface area contributed by atoms with Gasteiger partial charge in [0, 0.05) is 78.0 Å². The minimum atomic E-state index is -4.47. The van der Waals surface area contributed by atoms with E-state index in [0.717, 1.165) is 105 Å². The molecule has 2 unspecified atom stereocenters. The molecule has 15 rings (SSSR count). The molecule has 12 N–H and O–H groups in total. The quantitative estimate of drug-likeness (QED) is 0.0349. The fraction of sp³-hybridized carbons (Fsp3) is 0.265. The van der Waals surface area contributed by atoms with Gasteiger partial charge in [-0.05, 0) is 232 Å². The average molecular weight is 1600 g/mol. The summed E-state index contributed by atoms with van der Waals surface area (Å²) in [5.41, 5.74) is 29.0. The highest BCUT2D eigenvalue weighted by atomic mass is 35.5. The number of amides is 2. The number of benzene rings is 5. The van der Waals surface area contributed by atoms with Gasteiger partial charge in [0.25, 0.3) is 11.8 Å². The maximum atomic E-state index is 15.4. The van der Waals surface area contributed by atoms with Gasteiger partial charge in [-0.15, -0.1) is 12.4 Å². The lowest BCUT2D eigenvalue weighted by Gasteiger charge is -2.38. The molecule has 0 spiro atoms. The van der Waals surface area contributed by atoms with Crippen LogP contribution in [-0.2, 0) is 37.8 Å². The van der Waals surface area contributed by atoms with E-state index in [0.29, 0.717) is 58.6 Å². The molecule has 13 aromatic rings. The molecule has 2 aliphatic carbocycles. The van der Waals surface area contributed by atoms with Crippen molar-refractivity contribution in [1.29, 1.82) is 0 Å². The Morgan fingerprint density at radius 2 is 0.921 bits per heavy atom. The number of nitrogens with two attached hydrogens (primary N) is 4. The van der Waals surface area contributed by atoms with Gasteiger partial charge < -0.3 is 38.7 Å². The number of nitrogen functional groups attached to an aromatic ring is 3. The van der Waals surface area contributed by atoms with Crippen molar-refractivity contribution in [2.45, 2.75) is 123 Å². The van der Waals surface area contributed by atoms with Gasteiger partial charge in [0.1, 0.15) is 34.8 Å². The van der Waals surface area contributed by atoms with Crippen molar-refractivity contribution in [2.75, 3.05) is 34.9 Å². The minimum absolute atomic E-state index is 0. The van der Waals surface area contributed by atoms with Crippen molar-refractivity contribution in [3.05, 3.63) is 264 Å². The first-order valence-electron chi connectivity index (χ1n) is 35.3. The van der Waals surface area contributed by atoms with Gasteiger partial charge in [0.15, 0.2) is 11.4 Å². The van der Waals surface area contributed by atoms with Gasteiger partial charge in [0.2, 0.25) is 0 Å². The Balaban J connectivity index is 0.000000218. The highest BCUT2D eigenvalue weighted by Gasteiger charge is 2.41. The number of aliphatic hydroxyl groups excluding tert-OH is 1. The molecule has 0 radical (unpaired) electrons. The Bertz CT molecular complexity index is 5580. The van der Waals surface area contributed by atoms with Crippen LogP contribution in [0.2, 0.25) is 0 Å². The molecular formula is C83H90ClF5N18O6S. The van der Waals surface area contributed by atoms with Crippen LogP contribution in [0.1, 0.15) is 147 Å². The van der Waals surface area contributed by atoms with E-state index in [2.05, 4.69) is 55.6 Å². The number of carbonyl (C=O) groups is 2. The van der Waals surface area contributed by atoms with Crippen LogP contribution in [0.4, 0.5) is 50.8 Å². The fourth-order valence-corrected chi connectivity index (χ4v) is 13.8. The first-order valence-corrected chi connectivity index (χ1v) is 36.4. The Kier molecular flexibility index (Phi) is 28.8. The van der Waals surface area contributed by atoms with E-state index in [9.17, 15) is 31.4 Å². The third-order valence-corrected chi connectivity index (χ3v) is 20.8. The maximum absolute atomic E-state index is 15.4. The molecular weight excluding hydrogens is 1510 g/mol. The number of aromatic nitrogens is 11. The number of anilines is 5. The lowest BCUT2D eigenvalue weighted by atomic mass is 9.79. The number of halogens is 6. The zero-order chi connectivity index (χ0) is 79.5. The smallest absolute Gasteiger partial charge is 0.400 e. The van der Waals surface area contributed by atoms with E-state index in [1.807, 2.05) is 107 Å². The summed E-state index contributed by atoms with van der Waals surface area (Å²) in [6, 6.07) is 42.8. The summed E-state index contributed by atoms with van der Waals surface area (Å²) in [5.74, 6) is 0.139. The van der Waals surface area contributed by atoms with Gasteiger partial charge in [-0.3, -0.25) is 19.6 Å². The lowest BCUT2D eigenvalue weighted by molar-refractivity contribution is -0.191. The van der Waals surface area contributed by atoms with Crippen LogP contribution < -0.4 is 38.3 Å². The number of aryl methyl sites for hydroxylation is 2. The number of carbonyl (C=O) groups excluding carboxylic acids is 4. The van der Waals surface area contributed by atoms with Crippen molar-refractivity contribution in [3.8, 4) is 17.1 Å². The van der Waals surface area contributed by atoms with Gasteiger partial charge in [-0.2, -0.15) is 38.1 Å². The topological polar surface area (TPSA) is 364 Å². The molecule has 0 saturated heterocycles. The third-order valence-electron chi connectivity index (χ3n) is 19.1. The Hall–Kier alpha value is -12.1. The maximum Gasteiger partial charge on any atom is 0.433 e. The predicted octanol–water partition coefficient (Wildman–Crippen LogP) is 15.8. The average Bonchev–Trinajstić information content (AvgIpc) is 0.809. The van der Waals surface area contributed by atoms with Crippen molar-refractivity contribution in [1.82, 2.24) is 59.0 Å². The molecule has 24 nitrogen and oxygen atoms in total. The Morgan fingerprint density at radius 1 is 0.526 bits per heavy atom. The number of aliphatic hydroxyl groups is 1. The highest BCUT2D eigenvalue weighted by molar-refractivity contribution is 7.84. The number of nitrogens with one attached hydrogen (secondary N) is 3. The molecule has 8 heterocycles. The van der Waals surface area contributed by atoms with Crippen LogP contribution in [0, 0.1) is 37.3 Å². The summed E-state index contributed by atoms with van der Waals surface area (Å²) in [7, 11) is -0.459. The minimum Gasteiger partial charge on any atom is -0.400 e. The molecule has 5 aromatic carbocycles. The zero-order valence-electron chi connectivity index (χ0n) is 61.8. The normalized spacial score (nSPS) is 13.6. The molecule has 3 atom stereocenters. The Labute approximate surface area is 664 Å².